The fourth-order valence-corrected chi connectivity index (χ4v) is 2.90. The van der Waals surface area contributed by atoms with Crippen LogP contribution >= 0.6 is 0 Å². The lowest BCUT2D eigenvalue weighted by Crippen LogP contribution is -2.30. The second-order valence-corrected chi connectivity index (χ2v) is 6.98. The number of nitrogens with zero attached hydrogens (tertiary/aromatic N) is 3. The topological polar surface area (TPSA) is 105 Å². The summed E-state index contributed by atoms with van der Waals surface area (Å²) in [5.74, 6) is -0.696. The average Bonchev–Trinajstić information content (AvgIpc) is 2.87. The van der Waals surface area contributed by atoms with Gasteiger partial charge in [-0.05, 0) is 26.0 Å². The van der Waals surface area contributed by atoms with Crippen molar-refractivity contribution >= 4 is 34.8 Å². The summed E-state index contributed by atoms with van der Waals surface area (Å²) in [5.41, 5.74) is 5.22. The molecule has 2 N–H and O–H groups in total. The van der Waals surface area contributed by atoms with Crippen molar-refractivity contribution in [1.82, 2.24) is 5.43 Å². The molecule has 0 radical (unpaired) electrons. The first-order chi connectivity index (χ1) is 16.6. The van der Waals surface area contributed by atoms with Gasteiger partial charge in [-0.15, -0.1) is 10.2 Å². The van der Waals surface area contributed by atoms with Crippen molar-refractivity contribution in [3.63, 3.8) is 0 Å². The van der Waals surface area contributed by atoms with E-state index in [1.54, 1.807) is 38.1 Å². The van der Waals surface area contributed by atoms with Gasteiger partial charge in [0.25, 0.3) is 0 Å². The summed E-state index contributed by atoms with van der Waals surface area (Å²) in [4.78, 5) is 24.7. The van der Waals surface area contributed by atoms with E-state index in [1.165, 1.54) is 0 Å². The van der Waals surface area contributed by atoms with E-state index >= 15 is 0 Å². The normalized spacial score (nSPS) is 11.4. The lowest BCUT2D eigenvalue weighted by atomic mass is 10.0. The molecule has 0 heterocycles. The monoisotopic (exact) mass is 455 g/mol. The van der Waals surface area contributed by atoms with Crippen LogP contribution in [0, 0.1) is 0 Å². The Bertz CT molecular complexity index is 1150. The van der Waals surface area contributed by atoms with Crippen molar-refractivity contribution in [2.45, 2.75) is 13.8 Å². The first kappa shape index (κ1) is 24.1. The summed E-state index contributed by atoms with van der Waals surface area (Å²) in [6.45, 7) is 3.38. The number of amides is 2. The standard InChI is InChI=1S/C26H25N5O3/c1-3-34-25(32)23(19(2)28-31-26(33)27-22-17-11-6-12-18-22)29-30-24(20-13-7-4-8-14-20)21-15-9-5-10-16-21/h4-18H,3H2,1-2H3,(H2,27,31,33)/b28-19+,29-23-. The molecule has 0 bridgehead atoms. The van der Waals surface area contributed by atoms with E-state index in [4.69, 9.17) is 4.74 Å². The van der Waals surface area contributed by atoms with Crippen LogP contribution in [-0.2, 0) is 9.53 Å². The molecular formula is C26H25N5O3. The molecule has 0 spiro atoms. The maximum atomic E-state index is 12.6. The Morgan fingerprint density at radius 1 is 0.794 bits per heavy atom. The number of anilines is 1. The van der Waals surface area contributed by atoms with E-state index in [1.807, 2.05) is 66.7 Å². The second-order valence-electron chi connectivity index (χ2n) is 6.98. The first-order valence-electron chi connectivity index (χ1n) is 10.7. The average molecular weight is 456 g/mol. The molecule has 0 fully saturated rings. The fraction of sp³-hybridized carbons (Fsp3) is 0.115. The molecule has 0 aliphatic rings. The number of rotatable bonds is 8. The van der Waals surface area contributed by atoms with Crippen molar-refractivity contribution in [1.29, 1.82) is 0 Å². The first-order valence-corrected chi connectivity index (χ1v) is 10.7. The van der Waals surface area contributed by atoms with Gasteiger partial charge in [0, 0.05) is 16.8 Å². The van der Waals surface area contributed by atoms with Gasteiger partial charge >= 0.3 is 12.0 Å². The SMILES string of the molecule is CCOC(=O)C(=N\N=C(c1ccccc1)c1ccccc1)/C(C)=N/NC(=O)Nc1ccccc1. The number of benzene rings is 3. The molecule has 0 saturated heterocycles. The molecule has 0 aliphatic carbocycles. The summed E-state index contributed by atoms with van der Waals surface area (Å²) in [5, 5.41) is 15.2. The number of nitrogens with one attached hydrogen (secondary N) is 2. The predicted molar refractivity (Wildman–Crippen MR) is 134 cm³/mol. The van der Waals surface area contributed by atoms with Gasteiger partial charge in [-0.2, -0.15) is 5.10 Å². The number of para-hydroxylation sites is 1. The number of hydrogen-bond acceptors (Lipinski definition) is 6. The maximum Gasteiger partial charge on any atom is 0.360 e. The minimum atomic E-state index is -0.696. The van der Waals surface area contributed by atoms with E-state index in [0.29, 0.717) is 11.4 Å². The third kappa shape index (κ3) is 6.96. The Morgan fingerprint density at radius 2 is 1.32 bits per heavy atom. The minimum Gasteiger partial charge on any atom is -0.461 e. The smallest absolute Gasteiger partial charge is 0.360 e. The quantitative estimate of drug-likeness (QED) is 0.294. The Hall–Kier alpha value is -4.59. The number of carbonyl (C=O) groups is 2. The number of urea groups is 1. The van der Waals surface area contributed by atoms with Crippen LogP contribution in [-0.4, -0.2) is 35.7 Å². The van der Waals surface area contributed by atoms with Gasteiger partial charge in [0.2, 0.25) is 0 Å². The molecule has 3 aromatic rings. The van der Waals surface area contributed by atoms with Crippen LogP contribution in [0.5, 0.6) is 0 Å². The molecule has 3 aromatic carbocycles. The summed E-state index contributed by atoms with van der Waals surface area (Å²) >= 11 is 0. The molecule has 0 aromatic heterocycles. The molecule has 0 unspecified atom stereocenters. The summed E-state index contributed by atoms with van der Waals surface area (Å²) < 4.78 is 5.12. The summed E-state index contributed by atoms with van der Waals surface area (Å²) in [6, 6.07) is 27.4. The highest BCUT2D eigenvalue weighted by molar-refractivity contribution is 6.65. The lowest BCUT2D eigenvalue weighted by molar-refractivity contribution is -0.134. The number of ether oxygens (including phenoxy) is 1. The molecule has 34 heavy (non-hydrogen) atoms. The van der Waals surface area contributed by atoms with Gasteiger partial charge in [-0.1, -0.05) is 78.9 Å². The van der Waals surface area contributed by atoms with Crippen molar-refractivity contribution < 1.29 is 14.3 Å². The van der Waals surface area contributed by atoms with Gasteiger partial charge < -0.3 is 10.1 Å². The molecule has 3 rings (SSSR count). The fourth-order valence-electron chi connectivity index (χ4n) is 2.90. The second kappa shape index (κ2) is 12.4. The lowest BCUT2D eigenvalue weighted by Gasteiger charge is -2.08. The zero-order valence-electron chi connectivity index (χ0n) is 18.9. The molecule has 0 atom stereocenters. The number of hydrazone groups is 1. The van der Waals surface area contributed by atoms with E-state index in [2.05, 4.69) is 26.0 Å². The van der Waals surface area contributed by atoms with Gasteiger partial charge in [0.05, 0.1) is 12.3 Å². The van der Waals surface area contributed by atoms with Crippen LogP contribution in [0.15, 0.2) is 106 Å². The number of hydrogen-bond donors (Lipinski definition) is 2. The highest BCUT2D eigenvalue weighted by atomic mass is 16.5. The van der Waals surface area contributed by atoms with Crippen LogP contribution in [0.3, 0.4) is 0 Å². The third-order valence-electron chi connectivity index (χ3n) is 4.51. The zero-order valence-corrected chi connectivity index (χ0v) is 18.9. The molecule has 8 nitrogen and oxygen atoms in total. The van der Waals surface area contributed by atoms with Crippen molar-refractivity contribution in [2.75, 3.05) is 11.9 Å². The Morgan fingerprint density at radius 3 is 1.85 bits per heavy atom. The van der Waals surface area contributed by atoms with Crippen molar-refractivity contribution in [3.05, 3.63) is 102 Å². The highest BCUT2D eigenvalue weighted by Crippen LogP contribution is 2.11. The molecule has 0 aliphatic heterocycles. The molecular weight excluding hydrogens is 430 g/mol. The minimum absolute atomic E-state index is 0.119. The highest BCUT2D eigenvalue weighted by Gasteiger charge is 2.18. The van der Waals surface area contributed by atoms with Crippen molar-refractivity contribution in [3.8, 4) is 0 Å². The summed E-state index contributed by atoms with van der Waals surface area (Å²) in [6.07, 6.45) is 0. The maximum absolute atomic E-state index is 12.6. The van der Waals surface area contributed by atoms with Crippen LogP contribution < -0.4 is 10.7 Å². The number of carbonyl (C=O) groups excluding carboxylic acids is 2. The van der Waals surface area contributed by atoms with E-state index in [9.17, 15) is 9.59 Å². The van der Waals surface area contributed by atoms with Gasteiger partial charge in [0.15, 0.2) is 5.71 Å². The molecule has 8 heteroatoms. The van der Waals surface area contributed by atoms with E-state index < -0.39 is 12.0 Å². The van der Waals surface area contributed by atoms with Gasteiger partial charge in [-0.3, -0.25) is 0 Å². The van der Waals surface area contributed by atoms with Crippen LogP contribution in [0.1, 0.15) is 25.0 Å². The zero-order chi connectivity index (χ0) is 24.2. The largest absolute Gasteiger partial charge is 0.461 e. The predicted octanol–water partition coefficient (Wildman–Crippen LogP) is 4.64. The van der Waals surface area contributed by atoms with E-state index in [-0.39, 0.29) is 18.0 Å². The van der Waals surface area contributed by atoms with Gasteiger partial charge in [-0.25, -0.2) is 15.0 Å². The molecule has 2 amide bonds. The Labute approximate surface area is 198 Å². The third-order valence-corrected chi connectivity index (χ3v) is 4.51. The molecule has 0 saturated carbocycles. The van der Waals surface area contributed by atoms with E-state index in [0.717, 1.165) is 11.1 Å². The van der Waals surface area contributed by atoms with Crippen LogP contribution in [0.2, 0.25) is 0 Å². The summed E-state index contributed by atoms with van der Waals surface area (Å²) in [7, 11) is 0. The Balaban J connectivity index is 1.91. The van der Waals surface area contributed by atoms with Crippen LogP contribution in [0.25, 0.3) is 0 Å². The van der Waals surface area contributed by atoms with Gasteiger partial charge in [0.1, 0.15) is 5.71 Å². The van der Waals surface area contributed by atoms with Crippen LogP contribution in [0.4, 0.5) is 10.5 Å². The number of esters is 1. The Kier molecular flexibility index (Phi) is 8.81. The molecule has 172 valence electrons. The van der Waals surface area contributed by atoms with Crippen molar-refractivity contribution in [2.24, 2.45) is 15.3 Å².